The fraction of sp³-hybridized carbons (Fsp3) is 0.438. The SMILES string of the molecule is C[C@]1(c2ccc(Cl)cc2Cl)NC(=O)N(CC(=O)N2CCCC2)C1=O. The van der Waals surface area contributed by atoms with Crippen LogP contribution in [0.3, 0.4) is 0 Å². The minimum atomic E-state index is -1.32. The summed E-state index contributed by atoms with van der Waals surface area (Å²) in [5, 5.41) is 3.36. The van der Waals surface area contributed by atoms with E-state index in [-0.39, 0.29) is 17.5 Å². The molecule has 0 unspecified atom stereocenters. The number of urea groups is 1. The maximum absolute atomic E-state index is 12.8. The van der Waals surface area contributed by atoms with Crippen molar-refractivity contribution in [1.29, 1.82) is 0 Å². The molecule has 0 radical (unpaired) electrons. The van der Waals surface area contributed by atoms with Crippen molar-refractivity contribution in [2.75, 3.05) is 19.6 Å². The lowest BCUT2D eigenvalue weighted by Crippen LogP contribution is -2.44. The third kappa shape index (κ3) is 2.84. The molecule has 0 saturated carbocycles. The highest BCUT2D eigenvalue weighted by Gasteiger charge is 2.50. The lowest BCUT2D eigenvalue weighted by molar-refractivity contribution is -0.138. The van der Waals surface area contributed by atoms with Crippen LogP contribution in [0.15, 0.2) is 18.2 Å². The number of nitrogens with one attached hydrogen (secondary N) is 1. The molecule has 1 atom stereocenters. The first-order valence-corrected chi connectivity index (χ1v) is 8.46. The highest BCUT2D eigenvalue weighted by atomic mass is 35.5. The number of carbonyl (C=O) groups excluding carboxylic acids is 3. The molecule has 1 aromatic carbocycles. The Labute approximate surface area is 149 Å². The lowest BCUT2D eigenvalue weighted by atomic mass is 9.92. The molecule has 1 aromatic rings. The fourth-order valence-electron chi connectivity index (χ4n) is 3.12. The van der Waals surface area contributed by atoms with Gasteiger partial charge in [0.05, 0.1) is 0 Å². The van der Waals surface area contributed by atoms with E-state index >= 15 is 0 Å². The van der Waals surface area contributed by atoms with Gasteiger partial charge in [-0.25, -0.2) is 4.79 Å². The van der Waals surface area contributed by atoms with E-state index in [4.69, 9.17) is 23.2 Å². The van der Waals surface area contributed by atoms with Crippen molar-refractivity contribution in [1.82, 2.24) is 15.1 Å². The number of likely N-dealkylation sites (tertiary alicyclic amines) is 1. The molecule has 2 heterocycles. The molecule has 2 fully saturated rings. The summed E-state index contributed by atoms with van der Waals surface area (Å²) in [6, 6.07) is 4.13. The van der Waals surface area contributed by atoms with Gasteiger partial charge in [0.2, 0.25) is 5.91 Å². The summed E-state index contributed by atoms with van der Waals surface area (Å²) in [5.74, 6) is -0.716. The Morgan fingerprint density at radius 1 is 1.25 bits per heavy atom. The van der Waals surface area contributed by atoms with E-state index in [1.165, 1.54) is 6.07 Å². The first kappa shape index (κ1) is 17.0. The van der Waals surface area contributed by atoms with Crippen LogP contribution in [-0.2, 0) is 15.1 Å². The largest absolute Gasteiger partial charge is 0.341 e. The number of hydrogen-bond acceptors (Lipinski definition) is 3. The van der Waals surface area contributed by atoms with Crippen LogP contribution in [0.2, 0.25) is 10.0 Å². The van der Waals surface area contributed by atoms with Crippen LogP contribution in [0.5, 0.6) is 0 Å². The highest BCUT2D eigenvalue weighted by molar-refractivity contribution is 6.35. The van der Waals surface area contributed by atoms with Gasteiger partial charge in [-0.3, -0.25) is 14.5 Å². The molecule has 2 aliphatic rings. The second-order valence-electron chi connectivity index (χ2n) is 6.16. The quantitative estimate of drug-likeness (QED) is 0.831. The van der Waals surface area contributed by atoms with Gasteiger partial charge in [0.25, 0.3) is 5.91 Å². The summed E-state index contributed by atoms with van der Waals surface area (Å²) in [6.45, 7) is 2.65. The molecule has 8 heteroatoms. The summed E-state index contributed by atoms with van der Waals surface area (Å²) >= 11 is 12.1. The number of benzene rings is 1. The zero-order valence-electron chi connectivity index (χ0n) is 13.1. The minimum absolute atomic E-state index is 0.220. The lowest BCUT2D eigenvalue weighted by Gasteiger charge is -2.24. The molecule has 0 aromatic heterocycles. The number of rotatable bonds is 3. The first-order valence-electron chi connectivity index (χ1n) is 7.70. The van der Waals surface area contributed by atoms with Crippen LogP contribution in [0.4, 0.5) is 4.79 Å². The number of nitrogens with zero attached hydrogens (tertiary/aromatic N) is 2. The van der Waals surface area contributed by atoms with Crippen LogP contribution in [-0.4, -0.2) is 47.3 Å². The van der Waals surface area contributed by atoms with Crippen molar-refractivity contribution >= 4 is 41.0 Å². The summed E-state index contributed by atoms with van der Waals surface area (Å²) in [5.41, 5.74) is -0.868. The van der Waals surface area contributed by atoms with E-state index in [1.54, 1.807) is 24.0 Å². The van der Waals surface area contributed by atoms with Gasteiger partial charge in [-0.1, -0.05) is 29.3 Å². The Morgan fingerprint density at radius 3 is 2.54 bits per heavy atom. The topological polar surface area (TPSA) is 69.7 Å². The predicted molar refractivity (Wildman–Crippen MR) is 89.9 cm³/mol. The summed E-state index contributed by atoms with van der Waals surface area (Å²) < 4.78 is 0. The Kier molecular flexibility index (Phi) is 4.44. The van der Waals surface area contributed by atoms with Crippen LogP contribution < -0.4 is 5.32 Å². The number of amides is 4. The van der Waals surface area contributed by atoms with Crippen LogP contribution in [0.1, 0.15) is 25.3 Å². The zero-order chi connectivity index (χ0) is 17.5. The van der Waals surface area contributed by atoms with Gasteiger partial charge in [0.15, 0.2) is 0 Å². The van der Waals surface area contributed by atoms with Crippen LogP contribution in [0, 0.1) is 0 Å². The van der Waals surface area contributed by atoms with E-state index in [1.807, 2.05) is 0 Å². The van der Waals surface area contributed by atoms with Crippen molar-refractivity contribution in [3.8, 4) is 0 Å². The van der Waals surface area contributed by atoms with Gasteiger partial charge in [-0.15, -0.1) is 0 Å². The highest BCUT2D eigenvalue weighted by Crippen LogP contribution is 2.34. The zero-order valence-corrected chi connectivity index (χ0v) is 14.7. The first-order chi connectivity index (χ1) is 11.3. The summed E-state index contributed by atoms with van der Waals surface area (Å²) in [7, 11) is 0. The molecular weight excluding hydrogens is 353 g/mol. The van der Waals surface area contributed by atoms with Crippen LogP contribution in [0.25, 0.3) is 0 Å². The van der Waals surface area contributed by atoms with Crippen molar-refractivity contribution in [2.24, 2.45) is 0 Å². The number of hydrogen-bond donors (Lipinski definition) is 1. The molecule has 128 valence electrons. The van der Waals surface area contributed by atoms with Gasteiger partial charge in [-0.2, -0.15) is 0 Å². The number of imide groups is 1. The van der Waals surface area contributed by atoms with Gasteiger partial charge in [-0.05, 0) is 31.9 Å². The van der Waals surface area contributed by atoms with Gasteiger partial charge in [0.1, 0.15) is 12.1 Å². The van der Waals surface area contributed by atoms with E-state index in [0.29, 0.717) is 23.7 Å². The molecule has 0 bridgehead atoms. The van der Waals surface area contributed by atoms with Crippen molar-refractivity contribution in [3.63, 3.8) is 0 Å². The van der Waals surface area contributed by atoms with Gasteiger partial charge in [0, 0.05) is 28.7 Å². The molecule has 24 heavy (non-hydrogen) atoms. The predicted octanol–water partition coefficient (Wildman–Crippen LogP) is 2.38. The Hall–Kier alpha value is -1.79. The summed E-state index contributed by atoms with van der Waals surface area (Å²) in [6.07, 6.45) is 1.90. The molecule has 3 rings (SSSR count). The fourth-order valence-corrected chi connectivity index (χ4v) is 3.72. The number of carbonyl (C=O) groups is 3. The Morgan fingerprint density at radius 2 is 1.92 bits per heavy atom. The van der Waals surface area contributed by atoms with E-state index in [0.717, 1.165) is 17.7 Å². The Balaban J connectivity index is 1.83. The van der Waals surface area contributed by atoms with Gasteiger partial charge < -0.3 is 10.2 Å². The monoisotopic (exact) mass is 369 g/mol. The molecule has 0 aliphatic carbocycles. The van der Waals surface area contributed by atoms with Gasteiger partial charge >= 0.3 is 6.03 Å². The molecular formula is C16H17Cl2N3O3. The molecule has 2 aliphatic heterocycles. The second-order valence-corrected chi connectivity index (χ2v) is 7.00. The van der Waals surface area contributed by atoms with E-state index < -0.39 is 17.5 Å². The maximum atomic E-state index is 12.8. The standard InChI is InChI=1S/C16H17Cl2N3O3/c1-16(11-5-4-10(17)8-12(11)18)14(23)21(15(24)19-16)9-13(22)20-6-2-3-7-20/h4-5,8H,2-3,6-7,9H2,1H3,(H,19,24)/t16-/m1/s1. The average Bonchev–Trinajstić information content (AvgIpc) is 3.11. The molecule has 6 nitrogen and oxygen atoms in total. The maximum Gasteiger partial charge on any atom is 0.325 e. The Bertz CT molecular complexity index is 719. The second kappa shape index (κ2) is 6.26. The van der Waals surface area contributed by atoms with Crippen molar-refractivity contribution < 1.29 is 14.4 Å². The average molecular weight is 370 g/mol. The minimum Gasteiger partial charge on any atom is -0.341 e. The normalized spacial score (nSPS) is 23.8. The van der Waals surface area contributed by atoms with E-state index in [9.17, 15) is 14.4 Å². The third-order valence-electron chi connectivity index (χ3n) is 4.50. The molecule has 2 saturated heterocycles. The smallest absolute Gasteiger partial charge is 0.325 e. The molecule has 0 spiro atoms. The van der Waals surface area contributed by atoms with Crippen LogP contribution >= 0.6 is 23.2 Å². The van der Waals surface area contributed by atoms with Crippen molar-refractivity contribution in [2.45, 2.75) is 25.3 Å². The molecule has 4 amide bonds. The van der Waals surface area contributed by atoms with E-state index in [2.05, 4.69) is 5.32 Å². The third-order valence-corrected chi connectivity index (χ3v) is 5.04. The number of halogens is 2. The molecule has 1 N–H and O–H groups in total. The summed E-state index contributed by atoms with van der Waals surface area (Å²) in [4.78, 5) is 39.9. The van der Waals surface area contributed by atoms with Crippen molar-refractivity contribution in [3.05, 3.63) is 33.8 Å².